The third-order valence-electron chi connectivity index (χ3n) is 2.85. The second kappa shape index (κ2) is 6.14. The first kappa shape index (κ1) is 14.0. The van der Waals surface area contributed by atoms with Crippen molar-refractivity contribution in [3.8, 4) is 5.75 Å². The highest BCUT2D eigenvalue weighted by atomic mass is 16.5. The molecule has 1 aromatic carbocycles. The Bertz CT molecular complexity index is 531. The van der Waals surface area contributed by atoms with Gasteiger partial charge in [-0.25, -0.2) is 4.79 Å². The topological polar surface area (TPSA) is 105 Å². The molecule has 7 heteroatoms. The molecular weight excluding hydrogens is 260 g/mol. The predicted molar refractivity (Wildman–Crippen MR) is 76.9 cm³/mol. The molecule has 5 N–H and O–H groups in total. The van der Waals surface area contributed by atoms with Gasteiger partial charge in [0.05, 0.1) is 17.1 Å². The molecule has 0 saturated carbocycles. The molecule has 0 radical (unpaired) electrons. The summed E-state index contributed by atoms with van der Waals surface area (Å²) in [7, 11) is 0. The Morgan fingerprint density at radius 3 is 3.05 bits per heavy atom. The molecular formula is C13H18N4O3. The van der Waals surface area contributed by atoms with Gasteiger partial charge in [-0.2, -0.15) is 0 Å². The van der Waals surface area contributed by atoms with Crippen LogP contribution in [0.3, 0.4) is 0 Å². The van der Waals surface area contributed by atoms with Crippen molar-refractivity contribution in [1.29, 1.82) is 0 Å². The number of amides is 3. The minimum absolute atomic E-state index is 0.0310. The van der Waals surface area contributed by atoms with Crippen LogP contribution < -0.4 is 26.4 Å². The maximum atomic E-state index is 11.7. The molecule has 3 amide bonds. The summed E-state index contributed by atoms with van der Waals surface area (Å²) in [4.78, 5) is 22.9. The summed E-state index contributed by atoms with van der Waals surface area (Å²) in [5, 5.41) is 8.04. The van der Waals surface area contributed by atoms with Crippen molar-refractivity contribution >= 4 is 29.0 Å². The number of anilines is 3. The first-order valence-electron chi connectivity index (χ1n) is 6.51. The number of fused-ring (bicyclic) bond motifs is 1. The van der Waals surface area contributed by atoms with E-state index in [1.54, 1.807) is 12.1 Å². The molecule has 1 aliphatic heterocycles. The van der Waals surface area contributed by atoms with E-state index in [2.05, 4.69) is 16.0 Å². The lowest BCUT2D eigenvalue weighted by molar-refractivity contribution is -0.118. The van der Waals surface area contributed by atoms with Gasteiger partial charge in [0.15, 0.2) is 6.61 Å². The van der Waals surface area contributed by atoms with E-state index in [1.807, 2.05) is 6.92 Å². The van der Waals surface area contributed by atoms with E-state index in [1.165, 1.54) is 0 Å². The van der Waals surface area contributed by atoms with Crippen LogP contribution in [0, 0.1) is 0 Å². The van der Waals surface area contributed by atoms with Gasteiger partial charge in [-0.3, -0.25) is 4.79 Å². The van der Waals surface area contributed by atoms with Crippen molar-refractivity contribution in [1.82, 2.24) is 5.32 Å². The first-order valence-corrected chi connectivity index (χ1v) is 6.51. The fourth-order valence-electron chi connectivity index (χ4n) is 1.80. The monoisotopic (exact) mass is 278 g/mol. The highest BCUT2D eigenvalue weighted by Gasteiger charge is 2.18. The number of hydrogen-bond donors (Lipinski definition) is 4. The molecule has 1 aromatic rings. The Kier molecular flexibility index (Phi) is 4.29. The maximum Gasteiger partial charge on any atom is 0.319 e. The number of nitrogens with one attached hydrogen (secondary N) is 3. The Labute approximate surface area is 116 Å². The zero-order valence-electron chi connectivity index (χ0n) is 11.3. The van der Waals surface area contributed by atoms with Gasteiger partial charge in [0, 0.05) is 12.6 Å². The summed E-state index contributed by atoms with van der Waals surface area (Å²) < 4.78 is 5.24. The van der Waals surface area contributed by atoms with E-state index >= 15 is 0 Å². The Morgan fingerprint density at radius 1 is 1.50 bits per heavy atom. The lowest BCUT2D eigenvalue weighted by atomic mass is 10.2. The van der Waals surface area contributed by atoms with Crippen molar-refractivity contribution < 1.29 is 14.3 Å². The molecule has 0 atom stereocenters. The Morgan fingerprint density at radius 2 is 2.30 bits per heavy atom. The van der Waals surface area contributed by atoms with E-state index in [0.29, 0.717) is 29.4 Å². The number of urea groups is 1. The molecule has 7 nitrogen and oxygen atoms in total. The molecule has 1 heterocycles. The summed E-state index contributed by atoms with van der Waals surface area (Å²) in [5.74, 6) is 0.264. The molecule has 0 saturated heterocycles. The zero-order valence-corrected chi connectivity index (χ0v) is 11.3. The Hall–Kier alpha value is -2.44. The molecule has 0 fully saturated rings. The van der Waals surface area contributed by atoms with E-state index in [-0.39, 0.29) is 18.5 Å². The summed E-state index contributed by atoms with van der Waals surface area (Å²) in [6.45, 7) is 2.62. The summed E-state index contributed by atoms with van der Waals surface area (Å²) in [6, 6.07) is 2.84. The Balaban J connectivity index is 2.06. The number of rotatable bonds is 4. The molecule has 0 unspecified atom stereocenters. The second-order valence-corrected chi connectivity index (χ2v) is 4.51. The van der Waals surface area contributed by atoms with Gasteiger partial charge in [0.2, 0.25) is 0 Å². The fourth-order valence-corrected chi connectivity index (χ4v) is 1.80. The largest absolute Gasteiger partial charge is 0.482 e. The maximum absolute atomic E-state index is 11.7. The van der Waals surface area contributed by atoms with Crippen LogP contribution in [0.5, 0.6) is 5.75 Å². The SMILES string of the molecule is CCCCNC(=O)Nc1cc2c(cc1N)OCC(=O)N2. The van der Waals surface area contributed by atoms with Crippen LogP contribution in [0.2, 0.25) is 0 Å². The second-order valence-electron chi connectivity index (χ2n) is 4.51. The first-order chi connectivity index (χ1) is 9.60. The molecule has 0 spiro atoms. The van der Waals surface area contributed by atoms with E-state index < -0.39 is 0 Å². The number of nitrogens with two attached hydrogens (primary N) is 1. The third kappa shape index (κ3) is 3.31. The number of hydrogen-bond acceptors (Lipinski definition) is 4. The van der Waals surface area contributed by atoms with Gasteiger partial charge in [-0.15, -0.1) is 0 Å². The number of unbranched alkanes of at least 4 members (excludes halogenated alkanes) is 1. The van der Waals surface area contributed by atoms with Crippen LogP contribution in [0.1, 0.15) is 19.8 Å². The van der Waals surface area contributed by atoms with Gasteiger partial charge >= 0.3 is 6.03 Å². The van der Waals surface area contributed by atoms with Crippen LogP contribution >= 0.6 is 0 Å². The number of carbonyl (C=O) groups is 2. The van der Waals surface area contributed by atoms with Crippen molar-refractivity contribution in [3.63, 3.8) is 0 Å². The highest BCUT2D eigenvalue weighted by molar-refractivity contribution is 5.99. The third-order valence-corrected chi connectivity index (χ3v) is 2.85. The number of ether oxygens (including phenoxy) is 1. The van der Waals surface area contributed by atoms with Crippen LogP contribution in [0.25, 0.3) is 0 Å². The summed E-state index contributed by atoms with van der Waals surface area (Å²) in [5.41, 5.74) is 7.16. The predicted octanol–water partition coefficient (Wildman–Crippen LogP) is 1.52. The molecule has 0 aliphatic carbocycles. The smallest absolute Gasteiger partial charge is 0.319 e. The van der Waals surface area contributed by atoms with Crippen molar-refractivity contribution in [2.75, 3.05) is 29.5 Å². The minimum Gasteiger partial charge on any atom is -0.482 e. The van der Waals surface area contributed by atoms with Gasteiger partial charge in [-0.05, 0) is 12.5 Å². The molecule has 20 heavy (non-hydrogen) atoms. The van der Waals surface area contributed by atoms with Crippen molar-refractivity contribution in [2.45, 2.75) is 19.8 Å². The summed E-state index contributed by atoms with van der Waals surface area (Å²) >= 11 is 0. The molecule has 108 valence electrons. The van der Waals surface area contributed by atoms with Gasteiger partial charge in [0.1, 0.15) is 5.75 Å². The molecule has 2 rings (SSSR count). The molecule has 0 bridgehead atoms. The minimum atomic E-state index is -0.326. The molecule has 0 aromatic heterocycles. The standard InChI is InChI=1S/C13H18N4O3/c1-2-3-4-15-13(19)17-9-6-10-11(5-8(9)14)20-7-12(18)16-10/h5-6H,2-4,7,14H2,1H3,(H,16,18)(H2,15,17,19). The van der Waals surface area contributed by atoms with Crippen LogP contribution in [-0.2, 0) is 4.79 Å². The van der Waals surface area contributed by atoms with Gasteiger partial charge in [-0.1, -0.05) is 13.3 Å². The molecule has 1 aliphatic rings. The summed E-state index contributed by atoms with van der Waals surface area (Å²) in [6.07, 6.45) is 1.92. The van der Waals surface area contributed by atoms with Crippen LogP contribution in [-0.4, -0.2) is 25.1 Å². The quantitative estimate of drug-likeness (QED) is 0.495. The van der Waals surface area contributed by atoms with E-state index in [0.717, 1.165) is 12.8 Å². The highest BCUT2D eigenvalue weighted by Crippen LogP contribution is 2.35. The lowest BCUT2D eigenvalue weighted by Gasteiger charge is -2.20. The number of carbonyl (C=O) groups excluding carboxylic acids is 2. The van der Waals surface area contributed by atoms with Crippen LogP contribution in [0.15, 0.2) is 12.1 Å². The van der Waals surface area contributed by atoms with Crippen molar-refractivity contribution in [2.24, 2.45) is 0 Å². The van der Waals surface area contributed by atoms with E-state index in [4.69, 9.17) is 10.5 Å². The van der Waals surface area contributed by atoms with Gasteiger partial charge in [0.25, 0.3) is 5.91 Å². The van der Waals surface area contributed by atoms with E-state index in [9.17, 15) is 9.59 Å². The number of nitrogen functional groups attached to an aromatic ring is 1. The average molecular weight is 278 g/mol. The fraction of sp³-hybridized carbons (Fsp3) is 0.385. The van der Waals surface area contributed by atoms with Crippen molar-refractivity contribution in [3.05, 3.63) is 12.1 Å². The zero-order chi connectivity index (χ0) is 14.5. The number of benzene rings is 1. The van der Waals surface area contributed by atoms with Gasteiger partial charge < -0.3 is 26.4 Å². The lowest BCUT2D eigenvalue weighted by Crippen LogP contribution is -2.30. The normalized spacial score (nSPS) is 12.9. The average Bonchev–Trinajstić information content (AvgIpc) is 2.40. The van der Waals surface area contributed by atoms with Crippen LogP contribution in [0.4, 0.5) is 21.9 Å².